The van der Waals surface area contributed by atoms with Crippen LogP contribution in [0.15, 0.2) is 36.5 Å². The average molecular weight is 250 g/mol. The van der Waals surface area contributed by atoms with Crippen molar-refractivity contribution in [1.82, 2.24) is 9.78 Å². The van der Waals surface area contributed by atoms with E-state index in [-0.39, 0.29) is 5.82 Å². The Morgan fingerprint density at radius 1 is 1.35 bits per heavy atom. The van der Waals surface area contributed by atoms with Gasteiger partial charge in [0.15, 0.2) is 10.9 Å². The van der Waals surface area contributed by atoms with Crippen LogP contribution in [0.3, 0.4) is 0 Å². The van der Waals surface area contributed by atoms with Crippen molar-refractivity contribution >= 4 is 28.8 Å². The summed E-state index contributed by atoms with van der Waals surface area (Å²) in [5.74, 6) is 0.331. The number of anilines is 2. The fourth-order valence-electron chi connectivity index (χ4n) is 1.33. The predicted molar refractivity (Wildman–Crippen MR) is 69.5 cm³/mol. The maximum absolute atomic E-state index is 12.9. The Kier molecular flexibility index (Phi) is 3.34. The average Bonchev–Trinajstić information content (AvgIpc) is 2.63. The summed E-state index contributed by atoms with van der Waals surface area (Å²) >= 11 is 5.08. The Bertz CT molecular complexity index is 538. The van der Waals surface area contributed by atoms with E-state index in [1.807, 2.05) is 7.05 Å². The number of rotatable bonds is 2. The smallest absolute Gasteiger partial charge is 0.176 e. The molecule has 6 heteroatoms. The van der Waals surface area contributed by atoms with Crippen molar-refractivity contribution in [3.63, 3.8) is 0 Å². The molecule has 0 atom stereocenters. The van der Waals surface area contributed by atoms with Crippen LogP contribution in [0.5, 0.6) is 0 Å². The van der Waals surface area contributed by atoms with Gasteiger partial charge in [0.1, 0.15) is 5.82 Å². The molecule has 0 radical (unpaired) electrons. The van der Waals surface area contributed by atoms with Gasteiger partial charge in [0, 0.05) is 25.0 Å². The first kappa shape index (κ1) is 11.5. The van der Waals surface area contributed by atoms with Crippen molar-refractivity contribution in [3.8, 4) is 0 Å². The highest BCUT2D eigenvalue weighted by Gasteiger charge is 2.01. The van der Waals surface area contributed by atoms with Crippen LogP contribution in [0.1, 0.15) is 0 Å². The number of hydrogen-bond acceptors (Lipinski definition) is 2. The molecule has 2 N–H and O–H groups in total. The minimum absolute atomic E-state index is 0.310. The standard InChI is InChI=1S/C11H11FN4S/c1-16-6-5-10(15-16)14-11(17)13-9-4-2-3-8(12)7-9/h2-7H,1H3,(H2,13,14,15,17). The Balaban J connectivity index is 1.98. The van der Waals surface area contributed by atoms with Gasteiger partial charge < -0.3 is 10.6 Å². The Morgan fingerprint density at radius 3 is 2.82 bits per heavy atom. The molecule has 1 heterocycles. The van der Waals surface area contributed by atoms with Crippen molar-refractivity contribution in [3.05, 3.63) is 42.3 Å². The SMILES string of the molecule is Cn1ccc(NC(=S)Nc2cccc(F)c2)n1. The summed E-state index contributed by atoms with van der Waals surface area (Å²) in [5.41, 5.74) is 0.596. The molecule has 0 aliphatic rings. The molecule has 1 aromatic carbocycles. The van der Waals surface area contributed by atoms with E-state index in [1.165, 1.54) is 12.1 Å². The molecule has 2 aromatic rings. The lowest BCUT2D eigenvalue weighted by Gasteiger charge is -2.08. The molecule has 0 saturated heterocycles. The highest BCUT2D eigenvalue weighted by atomic mass is 32.1. The highest BCUT2D eigenvalue weighted by Crippen LogP contribution is 2.10. The molecule has 4 nitrogen and oxygen atoms in total. The van der Waals surface area contributed by atoms with E-state index in [2.05, 4.69) is 15.7 Å². The number of aryl methyl sites for hydroxylation is 1. The fraction of sp³-hybridized carbons (Fsp3) is 0.0909. The molecule has 0 aliphatic carbocycles. The molecule has 0 aliphatic heterocycles. The first-order valence-corrected chi connectivity index (χ1v) is 5.37. The van der Waals surface area contributed by atoms with Gasteiger partial charge in [-0.3, -0.25) is 4.68 Å². The van der Waals surface area contributed by atoms with Crippen LogP contribution in [0.2, 0.25) is 0 Å². The van der Waals surface area contributed by atoms with E-state index in [4.69, 9.17) is 12.2 Å². The van der Waals surface area contributed by atoms with Gasteiger partial charge in [0.05, 0.1) is 0 Å². The normalized spacial score (nSPS) is 10.0. The van der Waals surface area contributed by atoms with Crippen LogP contribution in [-0.4, -0.2) is 14.9 Å². The zero-order valence-electron chi connectivity index (χ0n) is 9.14. The molecule has 0 saturated carbocycles. The molecular weight excluding hydrogens is 239 g/mol. The zero-order chi connectivity index (χ0) is 12.3. The molecule has 0 bridgehead atoms. The van der Waals surface area contributed by atoms with Crippen LogP contribution in [0.4, 0.5) is 15.9 Å². The summed E-state index contributed by atoms with van der Waals surface area (Å²) in [6, 6.07) is 7.88. The summed E-state index contributed by atoms with van der Waals surface area (Å²) in [7, 11) is 1.81. The Morgan fingerprint density at radius 2 is 2.18 bits per heavy atom. The summed E-state index contributed by atoms with van der Waals surface area (Å²) in [6.07, 6.45) is 1.80. The van der Waals surface area contributed by atoms with Gasteiger partial charge in [0.25, 0.3) is 0 Å². The maximum Gasteiger partial charge on any atom is 0.176 e. The molecular formula is C11H11FN4S. The van der Waals surface area contributed by atoms with Crippen LogP contribution >= 0.6 is 12.2 Å². The maximum atomic E-state index is 12.9. The van der Waals surface area contributed by atoms with E-state index in [0.717, 1.165) is 0 Å². The van der Waals surface area contributed by atoms with Gasteiger partial charge in [-0.05, 0) is 30.4 Å². The number of nitrogens with one attached hydrogen (secondary N) is 2. The monoisotopic (exact) mass is 250 g/mol. The first-order chi connectivity index (χ1) is 8.13. The predicted octanol–water partition coefficient (Wildman–Crippen LogP) is 2.37. The van der Waals surface area contributed by atoms with Crippen LogP contribution < -0.4 is 10.6 Å². The van der Waals surface area contributed by atoms with Gasteiger partial charge in [-0.25, -0.2) is 4.39 Å². The second-order valence-corrected chi connectivity index (χ2v) is 3.87. The summed E-state index contributed by atoms with van der Waals surface area (Å²) < 4.78 is 14.6. The molecule has 0 spiro atoms. The molecule has 2 rings (SSSR count). The molecule has 88 valence electrons. The summed E-state index contributed by atoms with van der Waals surface area (Å²) in [4.78, 5) is 0. The van der Waals surface area contributed by atoms with Crippen molar-refractivity contribution in [1.29, 1.82) is 0 Å². The topological polar surface area (TPSA) is 41.9 Å². The van der Waals surface area contributed by atoms with Crippen molar-refractivity contribution < 1.29 is 4.39 Å². The second-order valence-electron chi connectivity index (χ2n) is 3.46. The summed E-state index contributed by atoms with van der Waals surface area (Å²) in [5, 5.41) is 10.3. The van der Waals surface area contributed by atoms with E-state index < -0.39 is 0 Å². The van der Waals surface area contributed by atoms with Crippen LogP contribution in [0, 0.1) is 5.82 Å². The van der Waals surface area contributed by atoms with E-state index in [9.17, 15) is 4.39 Å². The Labute approximate surface area is 103 Å². The van der Waals surface area contributed by atoms with Gasteiger partial charge in [-0.1, -0.05) is 6.07 Å². The lowest BCUT2D eigenvalue weighted by atomic mass is 10.3. The number of halogens is 1. The number of benzene rings is 1. The second kappa shape index (κ2) is 4.92. The minimum atomic E-state index is -0.310. The van der Waals surface area contributed by atoms with E-state index in [1.54, 1.807) is 29.1 Å². The Hall–Kier alpha value is -1.95. The molecule has 0 fully saturated rings. The van der Waals surface area contributed by atoms with Crippen LogP contribution in [0.25, 0.3) is 0 Å². The zero-order valence-corrected chi connectivity index (χ0v) is 9.96. The van der Waals surface area contributed by atoms with Crippen LogP contribution in [-0.2, 0) is 7.05 Å². The quantitative estimate of drug-likeness (QED) is 0.803. The highest BCUT2D eigenvalue weighted by molar-refractivity contribution is 7.80. The van der Waals surface area contributed by atoms with Crippen molar-refractivity contribution in [2.45, 2.75) is 0 Å². The van der Waals surface area contributed by atoms with Gasteiger partial charge in [-0.15, -0.1) is 0 Å². The molecule has 0 amide bonds. The third-order valence-electron chi connectivity index (χ3n) is 2.04. The van der Waals surface area contributed by atoms with Gasteiger partial charge in [0.2, 0.25) is 0 Å². The number of aromatic nitrogens is 2. The van der Waals surface area contributed by atoms with Gasteiger partial charge >= 0.3 is 0 Å². The van der Waals surface area contributed by atoms with E-state index in [0.29, 0.717) is 16.6 Å². The number of hydrogen-bond donors (Lipinski definition) is 2. The third-order valence-corrected chi connectivity index (χ3v) is 2.24. The third kappa shape index (κ3) is 3.25. The summed E-state index contributed by atoms with van der Waals surface area (Å²) in [6.45, 7) is 0. The van der Waals surface area contributed by atoms with Gasteiger partial charge in [-0.2, -0.15) is 5.10 Å². The lowest BCUT2D eigenvalue weighted by molar-refractivity contribution is 0.628. The largest absolute Gasteiger partial charge is 0.332 e. The molecule has 1 aromatic heterocycles. The lowest BCUT2D eigenvalue weighted by Crippen LogP contribution is -2.19. The number of nitrogens with zero attached hydrogens (tertiary/aromatic N) is 2. The molecule has 0 unspecified atom stereocenters. The molecule has 17 heavy (non-hydrogen) atoms. The fourth-order valence-corrected chi connectivity index (χ4v) is 1.55. The van der Waals surface area contributed by atoms with Crippen molar-refractivity contribution in [2.75, 3.05) is 10.6 Å². The first-order valence-electron chi connectivity index (χ1n) is 4.97. The van der Waals surface area contributed by atoms with E-state index >= 15 is 0 Å². The minimum Gasteiger partial charge on any atom is -0.332 e. The van der Waals surface area contributed by atoms with Crippen molar-refractivity contribution in [2.24, 2.45) is 7.05 Å². The number of thiocarbonyl (C=S) groups is 1.